The molecule has 1 aromatic heterocycles. The number of hydrogen-bond donors (Lipinski definition) is 4. The summed E-state index contributed by atoms with van der Waals surface area (Å²) >= 11 is 0. The molecule has 2 aromatic carbocycles. The van der Waals surface area contributed by atoms with E-state index >= 15 is 0 Å². The Morgan fingerprint density at radius 1 is 1.09 bits per heavy atom. The second-order valence-corrected chi connectivity index (χ2v) is 8.62. The van der Waals surface area contributed by atoms with Gasteiger partial charge in [-0.2, -0.15) is 0 Å². The summed E-state index contributed by atoms with van der Waals surface area (Å²) in [6.07, 6.45) is 2.26. The van der Waals surface area contributed by atoms with Gasteiger partial charge in [-0.25, -0.2) is 4.79 Å². The van der Waals surface area contributed by atoms with Gasteiger partial charge in [0, 0.05) is 23.5 Å². The van der Waals surface area contributed by atoms with Crippen LogP contribution in [0.15, 0.2) is 48.7 Å². The van der Waals surface area contributed by atoms with Crippen molar-refractivity contribution in [1.82, 2.24) is 10.3 Å². The van der Waals surface area contributed by atoms with Crippen molar-refractivity contribution in [1.29, 1.82) is 0 Å². The number of para-hydroxylation sites is 1. The molecule has 8 nitrogen and oxygen atoms in total. The number of aliphatic hydroxyl groups excluding tert-OH is 1. The quantitative estimate of drug-likeness (QED) is 0.362. The van der Waals surface area contributed by atoms with Gasteiger partial charge in [0.1, 0.15) is 6.04 Å². The SMILES string of the molecule is CCC(CC)C(O)C(C(=O)N[C@@H](Cc1c[nH]c2ccccc12)C(=O)O)c1ccc2c(c1)OCO2. The normalized spacial score (nSPS) is 15.3. The molecular formula is C26H30N2O6. The molecule has 0 aliphatic carbocycles. The molecule has 3 atom stereocenters. The minimum atomic E-state index is -1.16. The molecule has 34 heavy (non-hydrogen) atoms. The van der Waals surface area contributed by atoms with Gasteiger partial charge in [0.15, 0.2) is 11.5 Å². The number of benzene rings is 2. The van der Waals surface area contributed by atoms with E-state index in [0.29, 0.717) is 29.9 Å². The molecule has 2 heterocycles. The summed E-state index contributed by atoms with van der Waals surface area (Å²) in [7, 11) is 0. The predicted molar refractivity (Wildman–Crippen MR) is 127 cm³/mol. The molecule has 3 aromatic rings. The standard InChI is InChI=1S/C26H30N2O6/c1-3-15(4-2)24(29)23(16-9-10-21-22(12-16)34-14-33-21)25(30)28-20(26(31)32)11-17-13-27-19-8-6-5-7-18(17)19/h5-10,12-13,15,20,23-24,27,29H,3-4,11,14H2,1-2H3,(H,28,30)(H,31,32)/t20-,23?,24?/m0/s1. The van der Waals surface area contributed by atoms with E-state index in [2.05, 4.69) is 10.3 Å². The fourth-order valence-electron chi connectivity index (χ4n) is 4.64. The molecule has 2 unspecified atom stereocenters. The van der Waals surface area contributed by atoms with Crippen molar-refractivity contribution >= 4 is 22.8 Å². The van der Waals surface area contributed by atoms with Gasteiger partial charge in [-0.15, -0.1) is 0 Å². The summed E-state index contributed by atoms with van der Waals surface area (Å²) in [5.41, 5.74) is 2.25. The molecule has 0 spiro atoms. The van der Waals surface area contributed by atoms with E-state index < -0.39 is 29.9 Å². The Hall–Kier alpha value is -3.52. The number of nitrogens with one attached hydrogen (secondary N) is 2. The summed E-state index contributed by atoms with van der Waals surface area (Å²) in [5.74, 6) is -1.68. The average Bonchev–Trinajstić information content (AvgIpc) is 3.46. The number of fused-ring (bicyclic) bond motifs is 2. The Morgan fingerprint density at radius 2 is 1.82 bits per heavy atom. The van der Waals surface area contributed by atoms with Crippen LogP contribution in [0.4, 0.5) is 0 Å². The fraction of sp³-hybridized carbons (Fsp3) is 0.385. The lowest BCUT2D eigenvalue weighted by Gasteiger charge is -2.29. The van der Waals surface area contributed by atoms with Crippen molar-refractivity contribution in [3.63, 3.8) is 0 Å². The molecule has 0 bridgehead atoms. The number of aliphatic carboxylic acids is 1. The summed E-state index contributed by atoms with van der Waals surface area (Å²) < 4.78 is 10.8. The molecule has 4 rings (SSSR count). The summed E-state index contributed by atoms with van der Waals surface area (Å²) in [5, 5.41) is 24.7. The topological polar surface area (TPSA) is 121 Å². The molecule has 4 N–H and O–H groups in total. The molecule has 0 saturated carbocycles. The lowest BCUT2D eigenvalue weighted by Crippen LogP contribution is -2.47. The Kier molecular flexibility index (Phi) is 7.07. The lowest BCUT2D eigenvalue weighted by atomic mass is 9.82. The minimum Gasteiger partial charge on any atom is -0.480 e. The Balaban J connectivity index is 1.62. The number of rotatable bonds is 10. The zero-order valence-electron chi connectivity index (χ0n) is 19.3. The number of hydrogen-bond acceptors (Lipinski definition) is 5. The first-order valence-electron chi connectivity index (χ1n) is 11.6. The molecule has 8 heteroatoms. The van der Waals surface area contributed by atoms with Crippen LogP contribution in [0.5, 0.6) is 11.5 Å². The van der Waals surface area contributed by atoms with Gasteiger partial charge in [0.05, 0.1) is 12.0 Å². The number of carboxylic acid groups (broad SMARTS) is 1. The molecule has 0 radical (unpaired) electrons. The predicted octanol–water partition coefficient (Wildman–Crippen LogP) is 3.59. The summed E-state index contributed by atoms with van der Waals surface area (Å²) in [6.45, 7) is 4.02. The van der Waals surface area contributed by atoms with E-state index in [9.17, 15) is 19.8 Å². The average molecular weight is 467 g/mol. The monoisotopic (exact) mass is 466 g/mol. The zero-order valence-corrected chi connectivity index (χ0v) is 19.3. The number of H-pyrrole nitrogens is 1. The first-order valence-corrected chi connectivity index (χ1v) is 11.6. The largest absolute Gasteiger partial charge is 0.480 e. The third-order valence-corrected chi connectivity index (χ3v) is 6.63. The molecule has 0 fully saturated rings. The van der Waals surface area contributed by atoms with Gasteiger partial charge < -0.3 is 30.0 Å². The Bertz CT molecular complexity index is 1170. The highest BCUT2D eigenvalue weighted by Crippen LogP contribution is 2.37. The van der Waals surface area contributed by atoms with Gasteiger partial charge in [-0.05, 0) is 35.2 Å². The van der Waals surface area contributed by atoms with Crippen molar-refractivity contribution in [3.8, 4) is 11.5 Å². The summed E-state index contributed by atoms with van der Waals surface area (Å²) in [4.78, 5) is 28.8. The smallest absolute Gasteiger partial charge is 0.326 e. The number of aromatic nitrogens is 1. The maximum atomic E-state index is 13.5. The zero-order chi connectivity index (χ0) is 24.2. The van der Waals surface area contributed by atoms with Crippen LogP contribution in [0.1, 0.15) is 43.7 Å². The minimum absolute atomic E-state index is 0.0937. The number of aromatic amines is 1. The van der Waals surface area contributed by atoms with Crippen LogP contribution in [0.2, 0.25) is 0 Å². The molecule has 1 amide bonds. The molecule has 1 aliphatic heterocycles. The second-order valence-electron chi connectivity index (χ2n) is 8.62. The van der Waals surface area contributed by atoms with Crippen molar-refractivity contribution in [3.05, 3.63) is 59.8 Å². The van der Waals surface area contributed by atoms with Gasteiger partial charge in [0.25, 0.3) is 0 Å². The molecule has 0 saturated heterocycles. The Labute approximate surface area is 197 Å². The van der Waals surface area contributed by atoms with E-state index in [1.807, 2.05) is 38.1 Å². The Morgan fingerprint density at radius 3 is 2.56 bits per heavy atom. The van der Waals surface area contributed by atoms with Gasteiger partial charge in [0.2, 0.25) is 12.7 Å². The highest BCUT2D eigenvalue weighted by molar-refractivity contribution is 5.90. The van der Waals surface area contributed by atoms with Crippen molar-refractivity contribution < 1.29 is 29.3 Å². The van der Waals surface area contributed by atoms with Crippen LogP contribution in [0, 0.1) is 5.92 Å². The van der Waals surface area contributed by atoms with E-state index in [1.165, 1.54) is 0 Å². The summed E-state index contributed by atoms with van der Waals surface area (Å²) in [6, 6.07) is 11.6. The lowest BCUT2D eigenvalue weighted by molar-refractivity contribution is -0.142. The number of carbonyl (C=O) groups excluding carboxylic acids is 1. The number of carboxylic acids is 1. The van der Waals surface area contributed by atoms with Crippen LogP contribution in [0.3, 0.4) is 0 Å². The molecule has 180 valence electrons. The van der Waals surface area contributed by atoms with Crippen LogP contribution in [-0.2, 0) is 16.0 Å². The number of carbonyl (C=O) groups is 2. The fourth-order valence-corrected chi connectivity index (χ4v) is 4.64. The van der Waals surface area contributed by atoms with Gasteiger partial charge >= 0.3 is 5.97 Å². The van der Waals surface area contributed by atoms with Crippen LogP contribution in [-0.4, -0.2) is 46.0 Å². The van der Waals surface area contributed by atoms with Crippen LogP contribution < -0.4 is 14.8 Å². The van der Waals surface area contributed by atoms with Gasteiger partial charge in [-0.1, -0.05) is 51.0 Å². The third kappa shape index (κ3) is 4.72. The van der Waals surface area contributed by atoms with Crippen molar-refractivity contribution in [2.24, 2.45) is 5.92 Å². The number of amides is 1. The first-order chi connectivity index (χ1) is 16.4. The van der Waals surface area contributed by atoms with E-state index in [1.54, 1.807) is 24.4 Å². The highest BCUT2D eigenvalue weighted by atomic mass is 16.7. The maximum Gasteiger partial charge on any atom is 0.326 e. The maximum absolute atomic E-state index is 13.5. The highest BCUT2D eigenvalue weighted by Gasteiger charge is 2.36. The van der Waals surface area contributed by atoms with Crippen molar-refractivity contribution in [2.75, 3.05) is 6.79 Å². The third-order valence-electron chi connectivity index (χ3n) is 6.63. The molecule has 1 aliphatic rings. The van der Waals surface area contributed by atoms with Crippen molar-refractivity contribution in [2.45, 2.75) is 51.2 Å². The number of aliphatic hydroxyl groups is 1. The van der Waals surface area contributed by atoms with Crippen LogP contribution >= 0.6 is 0 Å². The number of ether oxygens (including phenoxy) is 2. The second kappa shape index (κ2) is 10.2. The van der Waals surface area contributed by atoms with E-state index in [-0.39, 0.29) is 19.1 Å². The van der Waals surface area contributed by atoms with Crippen LogP contribution in [0.25, 0.3) is 10.9 Å². The molecular weight excluding hydrogens is 436 g/mol. The van der Waals surface area contributed by atoms with Gasteiger partial charge in [-0.3, -0.25) is 4.79 Å². The van der Waals surface area contributed by atoms with E-state index in [0.717, 1.165) is 16.5 Å². The van der Waals surface area contributed by atoms with E-state index in [4.69, 9.17) is 9.47 Å². The first kappa shape index (κ1) is 23.6.